The predicted molar refractivity (Wildman–Crippen MR) is 76.2 cm³/mol. The number of carbonyl (C=O) groups is 2. The smallest absolute Gasteiger partial charge is 0.268 e. The third-order valence-corrected chi connectivity index (χ3v) is 3.71. The van der Waals surface area contributed by atoms with E-state index in [1.54, 1.807) is 0 Å². The topological polar surface area (TPSA) is 58.2 Å². The minimum absolute atomic E-state index is 0.245. The number of hydrogen-bond acceptors (Lipinski definition) is 2. The van der Waals surface area contributed by atoms with E-state index in [1.807, 2.05) is 6.92 Å². The van der Waals surface area contributed by atoms with Crippen molar-refractivity contribution in [3.05, 3.63) is 45.7 Å². The average molecular weight is 341 g/mol. The van der Waals surface area contributed by atoms with E-state index in [9.17, 15) is 14.0 Å². The van der Waals surface area contributed by atoms with E-state index in [4.69, 9.17) is 0 Å². The highest BCUT2D eigenvalue weighted by molar-refractivity contribution is 9.10. The summed E-state index contributed by atoms with van der Waals surface area (Å²) >= 11 is 3.10. The van der Waals surface area contributed by atoms with Crippen LogP contribution in [0.15, 0.2) is 34.3 Å². The molecule has 2 rings (SSSR count). The SMILES string of the molecule is CC(=CC(=O)NNC(=O)c1ccc(F)cc1Br)C1CC1. The van der Waals surface area contributed by atoms with E-state index >= 15 is 0 Å². The lowest BCUT2D eigenvalue weighted by Crippen LogP contribution is -2.41. The van der Waals surface area contributed by atoms with Crippen LogP contribution in [0.3, 0.4) is 0 Å². The fourth-order valence-electron chi connectivity index (χ4n) is 1.76. The Kier molecular flexibility index (Phi) is 4.54. The Morgan fingerprint density at radius 3 is 2.65 bits per heavy atom. The van der Waals surface area contributed by atoms with Gasteiger partial charge in [0, 0.05) is 10.5 Å². The van der Waals surface area contributed by atoms with Crippen molar-refractivity contribution in [1.29, 1.82) is 0 Å². The minimum Gasteiger partial charge on any atom is -0.268 e. The summed E-state index contributed by atoms with van der Waals surface area (Å²) in [5.74, 6) is -0.827. The van der Waals surface area contributed by atoms with Crippen LogP contribution in [-0.2, 0) is 4.79 Å². The van der Waals surface area contributed by atoms with Crippen LogP contribution in [0.2, 0.25) is 0 Å². The Balaban J connectivity index is 1.91. The fourth-order valence-corrected chi connectivity index (χ4v) is 2.29. The molecule has 1 saturated carbocycles. The first-order valence-corrected chi connectivity index (χ1v) is 7.00. The molecule has 2 N–H and O–H groups in total. The number of allylic oxidation sites excluding steroid dienone is 1. The first-order valence-electron chi connectivity index (χ1n) is 6.21. The highest BCUT2D eigenvalue weighted by atomic mass is 79.9. The summed E-state index contributed by atoms with van der Waals surface area (Å²) in [5, 5.41) is 0. The van der Waals surface area contributed by atoms with E-state index in [0.29, 0.717) is 10.4 Å². The molecule has 20 heavy (non-hydrogen) atoms. The second-order valence-electron chi connectivity index (χ2n) is 4.73. The molecule has 1 aliphatic rings. The number of hydrogen-bond donors (Lipinski definition) is 2. The molecular formula is C14H14BrFN2O2. The molecule has 0 aliphatic heterocycles. The van der Waals surface area contributed by atoms with Gasteiger partial charge in [-0.3, -0.25) is 20.4 Å². The number of rotatable bonds is 3. The predicted octanol–water partition coefficient (Wildman–Crippen LogP) is 2.71. The molecule has 1 aromatic carbocycles. The van der Waals surface area contributed by atoms with Crippen LogP contribution in [0.5, 0.6) is 0 Å². The number of amides is 2. The monoisotopic (exact) mass is 340 g/mol. The van der Waals surface area contributed by atoms with E-state index < -0.39 is 11.7 Å². The zero-order valence-electron chi connectivity index (χ0n) is 10.9. The number of carbonyl (C=O) groups excluding carboxylic acids is 2. The summed E-state index contributed by atoms with van der Waals surface area (Å²) in [6, 6.07) is 3.71. The summed E-state index contributed by atoms with van der Waals surface area (Å²) in [6.07, 6.45) is 3.71. The molecule has 0 saturated heterocycles. The molecule has 0 radical (unpaired) electrons. The maximum Gasteiger partial charge on any atom is 0.270 e. The third-order valence-electron chi connectivity index (χ3n) is 3.06. The maximum atomic E-state index is 12.9. The highest BCUT2D eigenvalue weighted by Gasteiger charge is 2.23. The molecule has 1 aromatic rings. The van der Waals surface area contributed by atoms with Gasteiger partial charge in [0.25, 0.3) is 11.8 Å². The first kappa shape index (κ1) is 14.7. The second kappa shape index (κ2) is 6.17. The van der Waals surface area contributed by atoms with Gasteiger partial charge in [-0.05, 0) is 59.8 Å². The Morgan fingerprint density at radius 1 is 1.35 bits per heavy atom. The van der Waals surface area contributed by atoms with Gasteiger partial charge in [-0.1, -0.05) is 5.57 Å². The third kappa shape index (κ3) is 3.90. The molecule has 0 heterocycles. The van der Waals surface area contributed by atoms with Crippen molar-refractivity contribution in [2.75, 3.05) is 0 Å². The zero-order valence-corrected chi connectivity index (χ0v) is 12.5. The number of halogens is 2. The first-order chi connectivity index (χ1) is 9.47. The summed E-state index contributed by atoms with van der Waals surface area (Å²) < 4.78 is 13.2. The van der Waals surface area contributed by atoms with Crippen LogP contribution in [-0.4, -0.2) is 11.8 Å². The lowest BCUT2D eigenvalue weighted by molar-refractivity contribution is -0.117. The molecule has 0 aromatic heterocycles. The summed E-state index contributed by atoms with van der Waals surface area (Å²) in [4.78, 5) is 23.4. The molecule has 6 heteroatoms. The molecule has 2 amide bonds. The molecule has 0 spiro atoms. The molecule has 106 valence electrons. The van der Waals surface area contributed by atoms with E-state index in [0.717, 1.165) is 18.4 Å². The minimum atomic E-state index is -0.511. The van der Waals surface area contributed by atoms with E-state index in [2.05, 4.69) is 26.8 Å². The van der Waals surface area contributed by atoms with Crippen LogP contribution in [0, 0.1) is 11.7 Å². The number of hydrazine groups is 1. The summed E-state index contributed by atoms with van der Waals surface area (Å²) in [6.45, 7) is 1.90. The van der Waals surface area contributed by atoms with Gasteiger partial charge < -0.3 is 0 Å². The lowest BCUT2D eigenvalue weighted by Gasteiger charge is -2.07. The van der Waals surface area contributed by atoms with Gasteiger partial charge >= 0.3 is 0 Å². The molecule has 1 aliphatic carbocycles. The van der Waals surface area contributed by atoms with Crippen molar-refractivity contribution in [2.45, 2.75) is 19.8 Å². The van der Waals surface area contributed by atoms with Crippen molar-refractivity contribution in [1.82, 2.24) is 10.9 Å². The fraction of sp³-hybridized carbons (Fsp3) is 0.286. The molecular weight excluding hydrogens is 327 g/mol. The molecule has 0 unspecified atom stereocenters. The Morgan fingerprint density at radius 2 is 2.05 bits per heavy atom. The van der Waals surface area contributed by atoms with Gasteiger partial charge in [0.05, 0.1) is 5.56 Å². The normalized spacial score (nSPS) is 14.8. The van der Waals surface area contributed by atoms with Crippen LogP contribution < -0.4 is 10.9 Å². The van der Waals surface area contributed by atoms with Crippen molar-refractivity contribution < 1.29 is 14.0 Å². The van der Waals surface area contributed by atoms with Gasteiger partial charge in [-0.2, -0.15) is 0 Å². The van der Waals surface area contributed by atoms with Crippen molar-refractivity contribution in [3.8, 4) is 0 Å². The Labute approximate surface area is 124 Å². The maximum absolute atomic E-state index is 12.9. The van der Waals surface area contributed by atoms with Crippen LogP contribution >= 0.6 is 15.9 Å². The standard InChI is InChI=1S/C14H14BrFN2O2/c1-8(9-2-3-9)6-13(19)17-18-14(20)11-5-4-10(16)7-12(11)15/h4-7,9H,2-3H2,1H3,(H,17,19)(H,18,20). The lowest BCUT2D eigenvalue weighted by atomic mass is 10.2. The summed E-state index contributed by atoms with van der Waals surface area (Å²) in [7, 11) is 0. The Bertz CT molecular complexity index is 583. The molecule has 1 fully saturated rings. The summed E-state index contributed by atoms with van der Waals surface area (Å²) in [5.41, 5.74) is 5.85. The van der Waals surface area contributed by atoms with Crippen molar-refractivity contribution >= 4 is 27.7 Å². The molecule has 0 bridgehead atoms. The van der Waals surface area contributed by atoms with Crippen LogP contribution in [0.4, 0.5) is 4.39 Å². The highest BCUT2D eigenvalue weighted by Crippen LogP contribution is 2.35. The van der Waals surface area contributed by atoms with Gasteiger partial charge in [0.15, 0.2) is 0 Å². The van der Waals surface area contributed by atoms with Gasteiger partial charge in [0.1, 0.15) is 5.82 Å². The quantitative estimate of drug-likeness (QED) is 0.656. The van der Waals surface area contributed by atoms with Crippen molar-refractivity contribution in [3.63, 3.8) is 0 Å². The van der Waals surface area contributed by atoms with Crippen LogP contribution in [0.25, 0.3) is 0 Å². The Hall–Kier alpha value is -1.69. The second-order valence-corrected chi connectivity index (χ2v) is 5.58. The molecule has 0 atom stereocenters. The van der Waals surface area contributed by atoms with Crippen LogP contribution in [0.1, 0.15) is 30.1 Å². The van der Waals surface area contributed by atoms with Gasteiger partial charge in [-0.15, -0.1) is 0 Å². The van der Waals surface area contributed by atoms with Gasteiger partial charge in [0.2, 0.25) is 0 Å². The molecule has 4 nitrogen and oxygen atoms in total. The number of nitrogens with one attached hydrogen (secondary N) is 2. The van der Waals surface area contributed by atoms with E-state index in [1.165, 1.54) is 24.3 Å². The van der Waals surface area contributed by atoms with E-state index in [-0.39, 0.29) is 11.5 Å². The zero-order chi connectivity index (χ0) is 14.7. The average Bonchev–Trinajstić information content (AvgIpc) is 3.20. The largest absolute Gasteiger partial charge is 0.270 e. The van der Waals surface area contributed by atoms with Crippen molar-refractivity contribution in [2.24, 2.45) is 5.92 Å². The van der Waals surface area contributed by atoms with Gasteiger partial charge in [-0.25, -0.2) is 4.39 Å². The number of benzene rings is 1.